The Morgan fingerprint density at radius 3 is 2.12 bits per heavy atom. The third-order valence-corrected chi connectivity index (χ3v) is 5.67. The molecule has 32 heavy (non-hydrogen) atoms. The first-order valence-electron chi connectivity index (χ1n) is 9.90. The Morgan fingerprint density at radius 1 is 0.938 bits per heavy atom. The van der Waals surface area contributed by atoms with Gasteiger partial charge in [-0.15, -0.1) is 0 Å². The number of hydrogen-bond acceptors (Lipinski definition) is 3. The van der Waals surface area contributed by atoms with Crippen molar-refractivity contribution in [3.63, 3.8) is 0 Å². The number of nitrogens with zero attached hydrogens (tertiary/aromatic N) is 2. The lowest BCUT2D eigenvalue weighted by Crippen LogP contribution is -2.31. The molecule has 2 amide bonds. The fourth-order valence-corrected chi connectivity index (χ4v) is 3.79. The van der Waals surface area contributed by atoms with Crippen LogP contribution in [-0.2, 0) is 6.42 Å². The number of hydrogen-bond donors (Lipinski definition) is 2. The molecule has 1 aliphatic rings. The fraction of sp³-hybridized carbons (Fsp3) is 0.125. The number of halogens is 2. The van der Waals surface area contributed by atoms with E-state index < -0.39 is 5.97 Å². The Balaban J connectivity index is 1.56. The highest BCUT2D eigenvalue weighted by Gasteiger charge is 2.31. The Hall–Kier alpha value is -3.35. The molecule has 1 aliphatic heterocycles. The molecule has 0 radical (unpaired) electrons. The van der Waals surface area contributed by atoms with Crippen molar-refractivity contribution in [3.05, 3.63) is 99.5 Å². The first kappa shape index (κ1) is 21.9. The number of anilines is 1. The van der Waals surface area contributed by atoms with Crippen LogP contribution in [0, 0.1) is 5.92 Å². The number of carboxylic acid groups (broad SMARTS) is 1. The predicted octanol–water partition coefficient (Wildman–Crippen LogP) is 5.80. The summed E-state index contributed by atoms with van der Waals surface area (Å²) < 4.78 is 0. The molecule has 6 nitrogen and oxygen atoms in total. The van der Waals surface area contributed by atoms with E-state index in [2.05, 4.69) is 10.4 Å². The lowest BCUT2D eigenvalue weighted by Gasteiger charge is -2.16. The third-order valence-electron chi connectivity index (χ3n) is 5.16. The second kappa shape index (κ2) is 9.42. The zero-order valence-corrected chi connectivity index (χ0v) is 18.3. The molecule has 162 valence electrons. The topological polar surface area (TPSA) is 82.0 Å². The van der Waals surface area contributed by atoms with E-state index in [0.717, 1.165) is 16.8 Å². The van der Waals surface area contributed by atoms with Gasteiger partial charge in [0.25, 0.3) is 0 Å². The van der Waals surface area contributed by atoms with E-state index in [1.54, 1.807) is 60.7 Å². The van der Waals surface area contributed by atoms with Crippen LogP contribution in [0.25, 0.3) is 0 Å². The molecule has 0 aromatic heterocycles. The first-order chi connectivity index (χ1) is 15.4. The number of hydrazone groups is 1. The van der Waals surface area contributed by atoms with Crippen molar-refractivity contribution in [3.8, 4) is 0 Å². The highest BCUT2D eigenvalue weighted by molar-refractivity contribution is 6.31. The van der Waals surface area contributed by atoms with Crippen molar-refractivity contribution >= 4 is 46.6 Å². The van der Waals surface area contributed by atoms with Crippen molar-refractivity contribution in [2.24, 2.45) is 11.0 Å². The molecule has 3 aromatic rings. The molecule has 8 heteroatoms. The fourth-order valence-electron chi connectivity index (χ4n) is 3.54. The van der Waals surface area contributed by atoms with Gasteiger partial charge < -0.3 is 10.4 Å². The SMILES string of the molecule is O=C(O)c1ccc(CC2CN(C(=O)Nc3ccc(Cl)cc3)N=C2c2ccc(Cl)cc2)cc1. The Labute approximate surface area is 195 Å². The van der Waals surface area contributed by atoms with Crippen molar-refractivity contribution in [2.45, 2.75) is 6.42 Å². The van der Waals surface area contributed by atoms with Gasteiger partial charge >= 0.3 is 12.0 Å². The number of amides is 2. The largest absolute Gasteiger partial charge is 0.478 e. The van der Waals surface area contributed by atoms with Crippen LogP contribution in [0.5, 0.6) is 0 Å². The smallest absolute Gasteiger partial charge is 0.342 e. The number of rotatable bonds is 5. The number of benzene rings is 3. The van der Waals surface area contributed by atoms with Crippen LogP contribution in [-0.4, -0.2) is 34.4 Å². The molecule has 0 aliphatic carbocycles. The second-order valence-corrected chi connectivity index (χ2v) is 8.29. The highest BCUT2D eigenvalue weighted by atomic mass is 35.5. The molecular formula is C24H19Cl2N3O3. The zero-order chi connectivity index (χ0) is 22.7. The molecule has 4 rings (SSSR count). The monoisotopic (exact) mass is 467 g/mol. The predicted molar refractivity (Wildman–Crippen MR) is 126 cm³/mol. The number of carbonyl (C=O) groups excluding carboxylic acids is 1. The maximum atomic E-state index is 12.8. The van der Waals surface area contributed by atoms with E-state index in [-0.39, 0.29) is 17.5 Å². The van der Waals surface area contributed by atoms with Crippen LogP contribution in [0.15, 0.2) is 77.9 Å². The van der Waals surface area contributed by atoms with Gasteiger partial charge in [0.15, 0.2) is 0 Å². The zero-order valence-electron chi connectivity index (χ0n) is 16.8. The summed E-state index contributed by atoms with van der Waals surface area (Å²) in [7, 11) is 0. The van der Waals surface area contributed by atoms with Crippen LogP contribution >= 0.6 is 23.2 Å². The third kappa shape index (κ3) is 5.10. The van der Waals surface area contributed by atoms with Gasteiger partial charge in [0.1, 0.15) is 0 Å². The van der Waals surface area contributed by atoms with E-state index >= 15 is 0 Å². The van der Waals surface area contributed by atoms with E-state index in [1.165, 1.54) is 5.01 Å². The molecule has 3 aromatic carbocycles. The minimum absolute atomic E-state index is 0.0668. The van der Waals surface area contributed by atoms with Crippen LogP contribution in [0.2, 0.25) is 10.0 Å². The van der Waals surface area contributed by atoms with E-state index in [9.17, 15) is 9.59 Å². The summed E-state index contributed by atoms with van der Waals surface area (Å²) in [5.74, 6) is -1.03. The van der Waals surface area contributed by atoms with Crippen molar-refractivity contribution in [1.82, 2.24) is 5.01 Å². The maximum Gasteiger partial charge on any atom is 0.342 e. The summed E-state index contributed by atoms with van der Waals surface area (Å²) in [6.07, 6.45) is 0.603. The van der Waals surface area contributed by atoms with Gasteiger partial charge in [0, 0.05) is 21.7 Å². The van der Waals surface area contributed by atoms with E-state index in [0.29, 0.717) is 28.7 Å². The Morgan fingerprint density at radius 2 is 1.53 bits per heavy atom. The van der Waals surface area contributed by atoms with Crippen LogP contribution in [0.3, 0.4) is 0 Å². The molecule has 0 spiro atoms. The number of nitrogens with one attached hydrogen (secondary N) is 1. The molecule has 1 unspecified atom stereocenters. The van der Waals surface area contributed by atoms with Crippen molar-refractivity contribution in [1.29, 1.82) is 0 Å². The maximum absolute atomic E-state index is 12.8. The normalized spacial score (nSPS) is 15.4. The number of urea groups is 1. The van der Waals surface area contributed by atoms with Crippen LogP contribution in [0.1, 0.15) is 21.5 Å². The minimum atomic E-state index is -0.967. The van der Waals surface area contributed by atoms with E-state index in [4.69, 9.17) is 28.3 Å². The summed E-state index contributed by atoms with van der Waals surface area (Å²) in [5, 5.41) is 19.2. The van der Waals surface area contributed by atoms with Crippen molar-refractivity contribution < 1.29 is 14.7 Å². The van der Waals surface area contributed by atoms with Gasteiger partial charge in [-0.25, -0.2) is 14.6 Å². The molecule has 0 saturated heterocycles. The van der Waals surface area contributed by atoms with E-state index in [1.807, 2.05) is 12.1 Å². The summed E-state index contributed by atoms with van der Waals surface area (Å²) in [5.41, 5.74) is 3.46. The van der Waals surface area contributed by atoms with Crippen LogP contribution in [0.4, 0.5) is 10.5 Å². The van der Waals surface area contributed by atoms with Gasteiger partial charge in [-0.1, -0.05) is 47.5 Å². The first-order valence-corrected chi connectivity index (χ1v) is 10.7. The Bertz CT molecular complexity index is 1160. The second-order valence-electron chi connectivity index (χ2n) is 7.41. The van der Waals surface area contributed by atoms with Gasteiger partial charge in [0.2, 0.25) is 0 Å². The van der Waals surface area contributed by atoms with Gasteiger partial charge in [-0.05, 0) is 66.1 Å². The number of carbonyl (C=O) groups is 2. The minimum Gasteiger partial charge on any atom is -0.478 e. The standard InChI is InChI=1S/C24H19Cl2N3O3/c25-19-7-5-16(6-8-19)22-18(13-15-1-3-17(4-2-15)23(30)31)14-29(28-22)24(32)27-21-11-9-20(26)10-12-21/h1-12,18H,13-14H2,(H,27,32)(H,30,31). The molecule has 1 atom stereocenters. The van der Waals surface area contributed by atoms with Crippen LogP contribution < -0.4 is 5.32 Å². The van der Waals surface area contributed by atoms with Gasteiger partial charge in [-0.2, -0.15) is 5.10 Å². The average molecular weight is 468 g/mol. The lowest BCUT2D eigenvalue weighted by atomic mass is 9.91. The average Bonchev–Trinajstić information content (AvgIpc) is 3.20. The molecule has 0 fully saturated rings. The summed E-state index contributed by atoms with van der Waals surface area (Å²) in [6, 6.07) is 20.6. The molecule has 2 N–H and O–H groups in total. The summed E-state index contributed by atoms with van der Waals surface area (Å²) in [4.78, 5) is 24.0. The molecule has 0 saturated carbocycles. The number of aromatic carboxylic acids is 1. The number of carboxylic acids is 1. The van der Waals surface area contributed by atoms with Gasteiger partial charge in [0.05, 0.1) is 17.8 Å². The Kier molecular flexibility index (Phi) is 6.44. The van der Waals surface area contributed by atoms with Gasteiger partial charge in [-0.3, -0.25) is 0 Å². The lowest BCUT2D eigenvalue weighted by molar-refractivity contribution is 0.0697. The molecular weight excluding hydrogens is 449 g/mol. The molecule has 1 heterocycles. The molecule has 0 bridgehead atoms. The summed E-state index contributed by atoms with van der Waals surface area (Å²) >= 11 is 11.9. The van der Waals surface area contributed by atoms with Crippen molar-refractivity contribution in [2.75, 3.05) is 11.9 Å². The highest BCUT2D eigenvalue weighted by Crippen LogP contribution is 2.25. The summed E-state index contributed by atoms with van der Waals surface area (Å²) in [6.45, 7) is 0.387. The quantitative estimate of drug-likeness (QED) is 0.497.